The molecule has 0 bridgehead atoms. The topological polar surface area (TPSA) is 49.4 Å². The van der Waals surface area contributed by atoms with Crippen LogP contribution in [0.3, 0.4) is 0 Å². The van der Waals surface area contributed by atoms with Gasteiger partial charge in [-0.25, -0.2) is 4.39 Å². The first-order valence-corrected chi connectivity index (χ1v) is 10.4. The van der Waals surface area contributed by atoms with E-state index in [9.17, 15) is 14.0 Å². The third-order valence-corrected chi connectivity index (χ3v) is 5.63. The average molecular weight is 403 g/mol. The first kappa shape index (κ1) is 22.1. The zero-order chi connectivity index (χ0) is 20.5. The third-order valence-electron chi connectivity index (χ3n) is 4.58. The minimum Gasteiger partial charge on any atom is -0.351 e. The Kier molecular flexibility index (Phi) is 8.67. The van der Waals surface area contributed by atoms with Gasteiger partial charge in [0.1, 0.15) is 5.82 Å². The van der Waals surface area contributed by atoms with Crippen LogP contribution in [0.15, 0.2) is 47.4 Å². The summed E-state index contributed by atoms with van der Waals surface area (Å²) in [6.07, 6.45) is 0. The van der Waals surface area contributed by atoms with Crippen LogP contribution in [0.25, 0.3) is 0 Å². The predicted octanol–water partition coefficient (Wildman–Crippen LogP) is 4.28. The minimum atomic E-state index is -0.477. The Bertz CT molecular complexity index is 822. The number of Topliss-reactive ketones (excluding diaryl/α,β-unsaturated/α-hetero) is 1. The molecule has 4 nitrogen and oxygen atoms in total. The molecule has 0 unspecified atom stereocenters. The number of nitrogens with zero attached hydrogens (tertiary/aromatic N) is 1. The second-order valence-electron chi connectivity index (χ2n) is 6.50. The molecule has 0 saturated heterocycles. The van der Waals surface area contributed by atoms with E-state index in [0.29, 0.717) is 17.0 Å². The summed E-state index contributed by atoms with van der Waals surface area (Å²) < 4.78 is 14.0. The number of carbonyl (C=O) groups is 2. The van der Waals surface area contributed by atoms with E-state index in [4.69, 9.17) is 0 Å². The van der Waals surface area contributed by atoms with Crippen LogP contribution in [-0.2, 0) is 17.9 Å². The number of nitrogens with one attached hydrogen (secondary N) is 1. The van der Waals surface area contributed by atoms with E-state index in [2.05, 4.69) is 30.1 Å². The highest BCUT2D eigenvalue weighted by Gasteiger charge is 2.11. The lowest BCUT2D eigenvalue weighted by Gasteiger charge is -2.20. The van der Waals surface area contributed by atoms with E-state index in [1.807, 2.05) is 18.2 Å². The lowest BCUT2D eigenvalue weighted by Crippen LogP contribution is -2.27. The normalized spacial score (nSPS) is 10.9. The number of ketones is 1. The number of benzene rings is 2. The maximum Gasteiger partial charge on any atom is 0.230 e. The minimum absolute atomic E-state index is 0.120. The monoisotopic (exact) mass is 402 g/mol. The van der Waals surface area contributed by atoms with Crippen LogP contribution < -0.4 is 5.32 Å². The number of thioether (sulfide) groups is 1. The van der Waals surface area contributed by atoms with E-state index >= 15 is 0 Å². The molecule has 0 saturated carbocycles. The second-order valence-corrected chi connectivity index (χ2v) is 7.51. The first-order chi connectivity index (χ1) is 13.4. The van der Waals surface area contributed by atoms with Crippen molar-refractivity contribution >= 4 is 23.5 Å². The molecule has 150 valence electrons. The van der Waals surface area contributed by atoms with Gasteiger partial charge in [0.25, 0.3) is 0 Å². The molecular formula is C22H27FN2O2S. The van der Waals surface area contributed by atoms with Crippen molar-refractivity contribution in [2.24, 2.45) is 0 Å². The van der Waals surface area contributed by atoms with Crippen LogP contribution in [0, 0.1) is 5.82 Å². The number of hydrogen-bond acceptors (Lipinski definition) is 4. The smallest absolute Gasteiger partial charge is 0.230 e. The van der Waals surface area contributed by atoms with Crippen molar-refractivity contribution in [3.05, 3.63) is 65.0 Å². The van der Waals surface area contributed by atoms with E-state index in [0.717, 1.165) is 37.0 Å². The molecule has 1 amide bonds. The van der Waals surface area contributed by atoms with Gasteiger partial charge >= 0.3 is 0 Å². The number of carbonyl (C=O) groups excluding carboxylic acids is 2. The number of halogens is 1. The standard InChI is InChI=1S/C22H27FN2O2S/c1-4-25(5-2)14-19-9-7-6-8-18(19)13-24-22(27)15-28-21-11-10-17(16(3)26)12-20(21)23/h6-12H,4-5,13-15H2,1-3H3,(H,24,27). The number of hydrogen-bond donors (Lipinski definition) is 1. The SMILES string of the molecule is CCN(CC)Cc1ccccc1CNC(=O)CSc1ccc(C(C)=O)cc1F. The van der Waals surface area contributed by atoms with E-state index in [1.165, 1.54) is 18.6 Å². The van der Waals surface area contributed by atoms with E-state index in [1.54, 1.807) is 12.1 Å². The summed E-state index contributed by atoms with van der Waals surface area (Å²) in [6, 6.07) is 12.4. The summed E-state index contributed by atoms with van der Waals surface area (Å²) >= 11 is 1.13. The van der Waals surface area contributed by atoms with Crippen LogP contribution in [-0.4, -0.2) is 35.4 Å². The molecule has 2 aromatic rings. The Morgan fingerprint density at radius 1 is 1.07 bits per heavy atom. The van der Waals surface area contributed by atoms with Crippen LogP contribution in [0.1, 0.15) is 42.3 Å². The molecule has 6 heteroatoms. The Morgan fingerprint density at radius 2 is 1.75 bits per heavy atom. The summed E-state index contributed by atoms with van der Waals surface area (Å²) in [5.41, 5.74) is 2.62. The second kappa shape index (κ2) is 11.0. The van der Waals surface area contributed by atoms with Crippen LogP contribution in [0.5, 0.6) is 0 Å². The molecule has 0 aromatic heterocycles. The molecule has 0 radical (unpaired) electrons. The molecule has 0 atom stereocenters. The van der Waals surface area contributed by atoms with E-state index < -0.39 is 5.82 Å². The summed E-state index contributed by atoms with van der Waals surface area (Å²) in [5.74, 6) is -0.696. The molecule has 0 heterocycles. The quantitative estimate of drug-likeness (QED) is 0.476. The van der Waals surface area contributed by atoms with Crippen LogP contribution in [0.2, 0.25) is 0 Å². The predicted molar refractivity (Wildman–Crippen MR) is 112 cm³/mol. The lowest BCUT2D eigenvalue weighted by atomic mass is 10.1. The molecular weight excluding hydrogens is 375 g/mol. The van der Waals surface area contributed by atoms with Gasteiger partial charge in [-0.2, -0.15) is 0 Å². The van der Waals surface area contributed by atoms with Crippen LogP contribution >= 0.6 is 11.8 Å². The molecule has 0 fully saturated rings. The molecule has 28 heavy (non-hydrogen) atoms. The van der Waals surface area contributed by atoms with Gasteiger partial charge in [-0.3, -0.25) is 14.5 Å². The summed E-state index contributed by atoms with van der Waals surface area (Å²) in [6.45, 7) is 8.90. The van der Waals surface area contributed by atoms with Crippen molar-refractivity contribution in [2.75, 3.05) is 18.8 Å². The van der Waals surface area contributed by atoms with Gasteiger partial charge in [0.15, 0.2) is 5.78 Å². The fourth-order valence-electron chi connectivity index (χ4n) is 2.80. The average Bonchev–Trinajstić information content (AvgIpc) is 2.70. The van der Waals surface area contributed by atoms with Crippen molar-refractivity contribution in [2.45, 2.75) is 38.8 Å². The lowest BCUT2D eigenvalue weighted by molar-refractivity contribution is -0.118. The highest BCUT2D eigenvalue weighted by atomic mass is 32.2. The highest BCUT2D eigenvalue weighted by Crippen LogP contribution is 2.23. The van der Waals surface area contributed by atoms with E-state index in [-0.39, 0.29) is 17.4 Å². The van der Waals surface area contributed by atoms with Gasteiger partial charge in [-0.1, -0.05) is 44.2 Å². The summed E-state index contributed by atoms with van der Waals surface area (Å²) in [5, 5.41) is 2.91. The van der Waals surface area contributed by atoms with Gasteiger partial charge in [-0.05, 0) is 43.3 Å². The van der Waals surface area contributed by atoms with Gasteiger partial charge in [0.05, 0.1) is 5.75 Å². The largest absolute Gasteiger partial charge is 0.351 e. The maximum absolute atomic E-state index is 14.0. The van der Waals surface area contributed by atoms with Gasteiger partial charge in [0, 0.05) is 23.5 Å². The Balaban J connectivity index is 1.90. The molecule has 0 aliphatic carbocycles. The molecule has 0 aliphatic rings. The third kappa shape index (κ3) is 6.46. The molecule has 2 aromatic carbocycles. The zero-order valence-corrected chi connectivity index (χ0v) is 17.4. The van der Waals surface area contributed by atoms with Crippen molar-refractivity contribution in [3.8, 4) is 0 Å². The van der Waals surface area contributed by atoms with Crippen LogP contribution in [0.4, 0.5) is 4.39 Å². The Morgan fingerprint density at radius 3 is 2.36 bits per heavy atom. The summed E-state index contributed by atoms with van der Waals surface area (Å²) in [7, 11) is 0. The van der Waals surface area contributed by atoms with Crippen molar-refractivity contribution in [3.63, 3.8) is 0 Å². The number of amides is 1. The van der Waals surface area contributed by atoms with Crippen molar-refractivity contribution < 1.29 is 14.0 Å². The molecule has 1 N–H and O–H groups in total. The zero-order valence-electron chi connectivity index (χ0n) is 16.6. The summed E-state index contributed by atoms with van der Waals surface area (Å²) in [4.78, 5) is 26.2. The highest BCUT2D eigenvalue weighted by molar-refractivity contribution is 8.00. The van der Waals surface area contributed by atoms with Gasteiger partial charge in [-0.15, -0.1) is 11.8 Å². The maximum atomic E-state index is 14.0. The fourth-order valence-corrected chi connectivity index (χ4v) is 3.55. The van der Waals surface area contributed by atoms with Gasteiger partial charge in [0.2, 0.25) is 5.91 Å². The van der Waals surface area contributed by atoms with Gasteiger partial charge < -0.3 is 5.32 Å². The fraction of sp³-hybridized carbons (Fsp3) is 0.364. The van der Waals surface area contributed by atoms with Crippen molar-refractivity contribution in [1.82, 2.24) is 10.2 Å². The number of rotatable bonds is 10. The molecule has 2 rings (SSSR count). The molecule has 0 spiro atoms. The molecule has 0 aliphatic heterocycles. The Hall–Kier alpha value is -2.18. The first-order valence-electron chi connectivity index (χ1n) is 9.43. The Labute approximate surface area is 170 Å². The van der Waals surface area contributed by atoms with Crippen molar-refractivity contribution in [1.29, 1.82) is 0 Å².